The number of hydrogen-bond donors (Lipinski definition) is 2. The smallest absolute Gasteiger partial charge is 0.410 e. The third-order valence-electron chi connectivity index (χ3n) is 3.26. The van der Waals surface area contributed by atoms with Crippen molar-refractivity contribution in [2.75, 3.05) is 6.54 Å². The molecule has 1 atom stereocenters. The number of aliphatic carboxylic acids is 1. The molecule has 1 amide bonds. The molecule has 132 valence electrons. The largest absolute Gasteiger partial charge is 0.481 e. The zero-order chi connectivity index (χ0) is 22.8. The SMILES string of the molecule is [2H]C1([2H])CC(CNC(=O)OC(C)OC(=O)C(C)C)(CC(=O)O)CC([2H])([2H])C1([2H])[2H]. The molecule has 1 rings (SSSR count). The van der Waals surface area contributed by atoms with Crippen molar-refractivity contribution in [2.24, 2.45) is 11.3 Å². The number of rotatable bonds is 7. The van der Waals surface area contributed by atoms with E-state index < -0.39 is 80.6 Å². The highest BCUT2D eigenvalue weighted by Crippen LogP contribution is 2.38. The van der Waals surface area contributed by atoms with E-state index in [-0.39, 0.29) is 0 Å². The van der Waals surface area contributed by atoms with Gasteiger partial charge in [-0.05, 0) is 18.3 Å². The van der Waals surface area contributed by atoms with Crippen molar-refractivity contribution in [1.82, 2.24) is 5.32 Å². The van der Waals surface area contributed by atoms with Crippen LogP contribution in [0.2, 0.25) is 0 Å². The number of nitrogens with one attached hydrogen (secondary N) is 1. The highest BCUT2D eigenvalue weighted by Gasteiger charge is 2.35. The average Bonchev–Trinajstić information content (AvgIpc) is 2.49. The number of ether oxygens (including phenoxy) is 2. The minimum atomic E-state index is -2.85. The molecule has 0 aromatic carbocycles. The Balaban J connectivity index is 2.91. The molecule has 7 heteroatoms. The van der Waals surface area contributed by atoms with E-state index in [4.69, 9.17) is 17.7 Å². The Bertz CT molecular complexity index is 634. The maximum absolute atomic E-state index is 12.0. The van der Waals surface area contributed by atoms with Crippen LogP contribution in [0.4, 0.5) is 4.79 Å². The van der Waals surface area contributed by atoms with Gasteiger partial charge < -0.3 is 19.9 Å². The van der Waals surface area contributed by atoms with Gasteiger partial charge in [-0.3, -0.25) is 9.59 Å². The second-order valence-corrected chi connectivity index (χ2v) is 5.82. The van der Waals surface area contributed by atoms with E-state index >= 15 is 0 Å². The number of esters is 1. The Hall–Kier alpha value is -1.79. The number of carbonyl (C=O) groups excluding carboxylic acids is 2. The fraction of sp³-hybridized carbons (Fsp3) is 0.812. The molecule has 0 bridgehead atoms. The van der Waals surface area contributed by atoms with Crippen LogP contribution in [0.15, 0.2) is 0 Å². The third kappa shape index (κ3) is 6.88. The zero-order valence-electron chi connectivity index (χ0n) is 19.5. The van der Waals surface area contributed by atoms with Crippen LogP contribution in [0.25, 0.3) is 0 Å². The van der Waals surface area contributed by atoms with Gasteiger partial charge in [0.15, 0.2) is 0 Å². The Labute approximate surface area is 145 Å². The normalized spacial score (nSPS) is 28.5. The van der Waals surface area contributed by atoms with Crippen LogP contribution in [0.1, 0.15) is 67.4 Å². The van der Waals surface area contributed by atoms with Gasteiger partial charge in [-0.15, -0.1) is 0 Å². The summed E-state index contributed by atoms with van der Waals surface area (Å²) >= 11 is 0. The number of hydrogen-bond acceptors (Lipinski definition) is 5. The first-order valence-corrected chi connectivity index (χ1v) is 7.31. The lowest BCUT2D eigenvalue weighted by atomic mass is 9.72. The second kappa shape index (κ2) is 8.74. The average molecular weight is 335 g/mol. The summed E-state index contributed by atoms with van der Waals surface area (Å²) in [6.07, 6.45) is -12.4. The highest BCUT2D eigenvalue weighted by atomic mass is 16.7. The first-order chi connectivity index (χ1) is 12.9. The predicted octanol–water partition coefficient (Wildman–Crippen LogP) is 2.68. The molecule has 0 spiro atoms. The molecule has 7 nitrogen and oxygen atoms in total. The molecule has 23 heavy (non-hydrogen) atoms. The lowest BCUT2D eigenvalue weighted by Crippen LogP contribution is -2.41. The summed E-state index contributed by atoms with van der Waals surface area (Å²) in [4.78, 5) is 34.8. The van der Waals surface area contributed by atoms with Crippen molar-refractivity contribution in [1.29, 1.82) is 0 Å². The molecular weight excluding hydrogens is 302 g/mol. The van der Waals surface area contributed by atoms with Gasteiger partial charge in [0.05, 0.1) is 12.3 Å². The lowest BCUT2D eigenvalue weighted by Gasteiger charge is -2.36. The maximum Gasteiger partial charge on any atom is 0.410 e. The molecule has 1 fully saturated rings. The predicted molar refractivity (Wildman–Crippen MR) is 82.6 cm³/mol. The molecular formula is C16H27NO6. The van der Waals surface area contributed by atoms with Crippen molar-refractivity contribution in [3.63, 3.8) is 0 Å². The molecule has 0 radical (unpaired) electrons. The van der Waals surface area contributed by atoms with Crippen LogP contribution >= 0.6 is 0 Å². The Morgan fingerprint density at radius 1 is 1.17 bits per heavy atom. The molecule has 0 heterocycles. The summed E-state index contributed by atoms with van der Waals surface area (Å²) in [5, 5.41) is 11.5. The van der Waals surface area contributed by atoms with Gasteiger partial charge >= 0.3 is 18.0 Å². The number of carbonyl (C=O) groups is 3. The quantitative estimate of drug-likeness (QED) is 0.548. The van der Waals surface area contributed by atoms with Crippen LogP contribution in [-0.2, 0) is 19.1 Å². The molecule has 1 saturated carbocycles. The van der Waals surface area contributed by atoms with E-state index in [0.29, 0.717) is 0 Å². The van der Waals surface area contributed by atoms with E-state index in [9.17, 15) is 19.5 Å². The monoisotopic (exact) mass is 335 g/mol. The number of alkyl carbamates (subject to hydrolysis) is 1. The van der Waals surface area contributed by atoms with Gasteiger partial charge in [0.2, 0.25) is 6.29 Å². The van der Waals surface area contributed by atoms with E-state index in [1.165, 1.54) is 6.92 Å². The molecule has 0 aromatic heterocycles. The fourth-order valence-corrected chi connectivity index (χ4v) is 2.00. The van der Waals surface area contributed by atoms with Crippen LogP contribution in [0.5, 0.6) is 0 Å². The minimum absolute atomic E-state index is 0.440. The lowest BCUT2D eigenvalue weighted by molar-refractivity contribution is -0.168. The van der Waals surface area contributed by atoms with Crippen molar-refractivity contribution < 1.29 is 37.2 Å². The topological polar surface area (TPSA) is 102 Å². The molecule has 1 aliphatic carbocycles. The Morgan fingerprint density at radius 2 is 1.78 bits per heavy atom. The van der Waals surface area contributed by atoms with Crippen molar-refractivity contribution in [2.45, 2.75) is 65.4 Å². The molecule has 0 aromatic rings. The van der Waals surface area contributed by atoms with Crippen molar-refractivity contribution >= 4 is 18.0 Å². The zero-order valence-corrected chi connectivity index (χ0v) is 13.5. The highest BCUT2D eigenvalue weighted by molar-refractivity contribution is 5.72. The van der Waals surface area contributed by atoms with Gasteiger partial charge in [0.25, 0.3) is 0 Å². The third-order valence-corrected chi connectivity index (χ3v) is 3.26. The first-order valence-electron chi connectivity index (χ1n) is 10.3. The van der Waals surface area contributed by atoms with Gasteiger partial charge in [-0.2, -0.15) is 0 Å². The summed E-state index contributed by atoms with van der Waals surface area (Å²) in [5.41, 5.74) is -1.58. The number of carboxylic acids is 1. The minimum Gasteiger partial charge on any atom is -0.481 e. The van der Waals surface area contributed by atoms with Crippen LogP contribution in [0.3, 0.4) is 0 Å². The second-order valence-electron chi connectivity index (χ2n) is 5.82. The number of carboxylic acid groups (broad SMARTS) is 1. The molecule has 0 saturated heterocycles. The number of amides is 1. The van der Waals surface area contributed by atoms with Gasteiger partial charge in [-0.25, -0.2) is 4.79 Å². The standard InChI is InChI=1S/C16H27NO6/c1-11(2)14(20)22-12(3)23-15(21)17-10-16(9-13(18)19)7-5-4-6-8-16/h11-12H,4-10H2,1-3H3,(H,17,21)(H,18,19)/i4D2,5D2,6D2. The molecule has 1 aliphatic rings. The molecule has 0 aliphatic heterocycles. The van der Waals surface area contributed by atoms with E-state index in [1.807, 2.05) is 0 Å². The van der Waals surface area contributed by atoms with Gasteiger partial charge in [0, 0.05) is 21.7 Å². The summed E-state index contributed by atoms with van der Waals surface area (Å²) < 4.78 is 57.2. The van der Waals surface area contributed by atoms with E-state index in [2.05, 4.69) is 5.32 Å². The first kappa shape index (κ1) is 11.7. The Morgan fingerprint density at radius 3 is 2.30 bits per heavy atom. The molecule has 2 N–H and O–H groups in total. The fourth-order valence-electron chi connectivity index (χ4n) is 2.00. The van der Waals surface area contributed by atoms with Crippen LogP contribution in [0, 0.1) is 11.3 Å². The summed E-state index contributed by atoms with van der Waals surface area (Å²) in [6.45, 7) is 4.03. The summed E-state index contributed by atoms with van der Waals surface area (Å²) in [7, 11) is 0. The molecule has 1 unspecified atom stereocenters. The Kier molecular flexibility index (Phi) is 4.45. The summed E-state index contributed by atoms with van der Waals surface area (Å²) in [5.74, 6) is -2.37. The van der Waals surface area contributed by atoms with Crippen LogP contribution < -0.4 is 5.32 Å². The summed E-state index contributed by atoms with van der Waals surface area (Å²) in [6, 6.07) is 0. The van der Waals surface area contributed by atoms with Crippen molar-refractivity contribution in [3.8, 4) is 0 Å². The maximum atomic E-state index is 12.0. The van der Waals surface area contributed by atoms with Crippen molar-refractivity contribution in [3.05, 3.63) is 0 Å². The van der Waals surface area contributed by atoms with Crippen LogP contribution in [-0.4, -0.2) is 36.0 Å². The van der Waals surface area contributed by atoms with Gasteiger partial charge in [0.1, 0.15) is 0 Å². The van der Waals surface area contributed by atoms with E-state index in [0.717, 1.165) is 0 Å². The van der Waals surface area contributed by atoms with E-state index in [1.54, 1.807) is 13.8 Å². The van der Waals surface area contributed by atoms with Gasteiger partial charge in [-0.1, -0.05) is 33.0 Å².